The third kappa shape index (κ3) is 3.27. The Hall–Kier alpha value is -1.92. The number of hydrogen-bond acceptors (Lipinski definition) is 4. The van der Waals surface area contributed by atoms with E-state index in [-0.39, 0.29) is 5.82 Å². The van der Waals surface area contributed by atoms with Crippen molar-refractivity contribution < 1.29 is 9.59 Å². The van der Waals surface area contributed by atoms with Gasteiger partial charge in [0.05, 0.1) is 0 Å². The van der Waals surface area contributed by atoms with Crippen LogP contribution in [0.5, 0.6) is 0 Å². The smallest absolute Gasteiger partial charge is 0.291 e. The third-order valence-electron chi connectivity index (χ3n) is 2.26. The molecule has 0 spiro atoms. The van der Waals surface area contributed by atoms with E-state index < -0.39 is 17.4 Å². The van der Waals surface area contributed by atoms with Gasteiger partial charge in [-0.2, -0.15) is 0 Å². The Bertz CT molecular complexity index is 424. The summed E-state index contributed by atoms with van der Waals surface area (Å²) < 4.78 is 0. The summed E-state index contributed by atoms with van der Waals surface area (Å²) in [5.41, 5.74) is 4.02. The largest absolute Gasteiger partial charge is 0.368 e. The molecule has 94 valence electrons. The highest BCUT2D eigenvalue weighted by molar-refractivity contribution is 5.96. The van der Waals surface area contributed by atoms with Gasteiger partial charge in [0.1, 0.15) is 11.4 Å². The van der Waals surface area contributed by atoms with Gasteiger partial charge < -0.3 is 11.1 Å². The summed E-state index contributed by atoms with van der Waals surface area (Å²) in [7, 11) is 0. The summed E-state index contributed by atoms with van der Waals surface area (Å²) in [5, 5.41) is 8.91. The minimum atomic E-state index is -1.12. The Kier molecular flexibility index (Phi) is 3.82. The summed E-state index contributed by atoms with van der Waals surface area (Å²) in [6, 6.07) is 0. The second-order valence-corrected chi connectivity index (χ2v) is 4.30. The van der Waals surface area contributed by atoms with Crippen LogP contribution in [0.2, 0.25) is 0 Å². The van der Waals surface area contributed by atoms with Crippen molar-refractivity contribution in [1.82, 2.24) is 20.5 Å². The molecule has 0 unspecified atom stereocenters. The summed E-state index contributed by atoms with van der Waals surface area (Å²) in [4.78, 5) is 26.8. The van der Waals surface area contributed by atoms with E-state index >= 15 is 0 Å². The number of nitrogens with two attached hydrogens (primary N) is 1. The van der Waals surface area contributed by atoms with Gasteiger partial charge in [0.15, 0.2) is 0 Å². The predicted octanol–water partition coefficient (Wildman–Crippen LogP) is -0.249. The number of primary amides is 1. The molecule has 0 saturated carbocycles. The predicted molar refractivity (Wildman–Crippen MR) is 61.1 cm³/mol. The monoisotopic (exact) mass is 239 g/mol. The first-order valence-corrected chi connectivity index (χ1v) is 5.40. The molecule has 1 aromatic rings. The molecular formula is C10H17N5O2. The van der Waals surface area contributed by atoms with Crippen molar-refractivity contribution in [3.63, 3.8) is 0 Å². The minimum absolute atomic E-state index is 0.0165. The molecule has 2 amide bonds. The maximum Gasteiger partial charge on any atom is 0.291 e. The molecule has 0 bridgehead atoms. The van der Waals surface area contributed by atoms with Gasteiger partial charge in [-0.1, -0.05) is 6.92 Å². The van der Waals surface area contributed by atoms with Crippen LogP contribution in [-0.2, 0) is 11.2 Å². The maximum atomic E-state index is 11.7. The van der Waals surface area contributed by atoms with Gasteiger partial charge in [0.2, 0.25) is 11.7 Å². The molecule has 0 aliphatic rings. The lowest BCUT2D eigenvalue weighted by Gasteiger charge is -2.20. The fourth-order valence-electron chi connectivity index (χ4n) is 1.15. The number of nitrogens with zero attached hydrogens (tertiary/aromatic N) is 2. The van der Waals surface area contributed by atoms with Crippen LogP contribution in [0.1, 0.15) is 43.6 Å². The SMILES string of the molecule is CCCc1nc(C(=O)NC(C)(C)C(N)=O)n[nH]1. The van der Waals surface area contributed by atoms with Crippen molar-refractivity contribution in [3.05, 3.63) is 11.6 Å². The summed E-state index contributed by atoms with van der Waals surface area (Å²) in [6.07, 6.45) is 1.63. The number of carbonyl (C=O) groups is 2. The molecule has 4 N–H and O–H groups in total. The first-order chi connectivity index (χ1) is 7.86. The Morgan fingerprint density at radius 3 is 2.65 bits per heavy atom. The number of amides is 2. The number of aromatic amines is 1. The molecule has 1 heterocycles. The second-order valence-electron chi connectivity index (χ2n) is 4.30. The van der Waals surface area contributed by atoms with Crippen molar-refractivity contribution in [1.29, 1.82) is 0 Å². The number of H-pyrrole nitrogens is 1. The van der Waals surface area contributed by atoms with Gasteiger partial charge in [-0.15, -0.1) is 5.10 Å². The fraction of sp³-hybridized carbons (Fsp3) is 0.600. The maximum absolute atomic E-state index is 11.7. The summed E-state index contributed by atoms with van der Waals surface area (Å²) >= 11 is 0. The molecule has 7 nitrogen and oxygen atoms in total. The van der Waals surface area contributed by atoms with E-state index in [0.29, 0.717) is 5.82 Å². The molecular weight excluding hydrogens is 222 g/mol. The van der Waals surface area contributed by atoms with Crippen molar-refractivity contribution in [2.45, 2.75) is 39.2 Å². The number of aromatic nitrogens is 3. The zero-order chi connectivity index (χ0) is 13.1. The van der Waals surface area contributed by atoms with E-state index in [1.54, 1.807) is 0 Å². The topological polar surface area (TPSA) is 114 Å². The van der Waals surface area contributed by atoms with Gasteiger partial charge in [-0.05, 0) is 20.3 Å². The first-order valence-electron chi connectivity index (χ1n) is 5.40. The second kappa shape index (κ2) is 4.94. The van der Waals surface area contributed by atoms with Crippen molar-refractivity contribution >= 4 is 11.8 Å². The van der Waals surface area contributed by atoms with Gasteiger partial charge in [-0.3, -0.25) is 14.7 Å². The number of aryl methyl sites for hydroxylation is 1. The molecule has 0 aromatic carbocycles. The summed E-state index contributed by atoms with van der Waals surface area (Å²) in [5.74, 6) is -0.472. The zero-order valence-corrected chi connectivity index (χ0v) is 10.2. The van der Waals surface area contributed by atoms with Crippen molar-refractivity contribution in [2.75, 3.05) is 0 Å². The average molecular weight is 239 g/mol. The summed E-state index contributed by atoms with van der Waals surface area (Å²) in [6.45, 7) is 5.04. The van der Waals surface area contributed by atoms with Crippen molar-refractivity contribution in [2.24, 2.45) is 5.73 Å². The zero-order valence-electron chi connectivity index (χ0n) is 10.2. The van der Waals surface area contributed by atoms with E-state index in [1.807, 2.05) is 6.92 Å². The highest BCUT2D eigenvalue weighted by Crippen LogP contribution is 2.03. The van der Waals surface area contributed by atoms with Gasteiger partial charge in [0.25, 0.3) is 5.91 Å². The van der Waals surface area contributed by atoms with Crippen LogP contribution in [0.15, 0.2) is 0 Å². The Morgan fingerprint density at radius 1 is 1.47 bits per heavy atom. The normalized spacial score (nSPS) is 11.2. The molecule has 0 atom stereocenters. The molecule has 0 aliphatic carbocycles. The van der Waals surface area contributed by atoms with Crippen LogP contribution in [0.4, 0.5) is 0 Å². The number of hydrogen-bond donors (Lipinski definition) is 3. The van der Waals surface area contributed by atoms with E-state index in [9.17, 15) is 9.59 Å². The van der Waals surface area contributed by atoms with Crippen LogP contribution >= 0.6 is 0 Å². The minimum Gasteiger partial charge on any atom is -0.368 e. The molecule has 0 saturated heterocycles. The quantitative estimate of drug-likeness (QED) is 0.657. The average Bonchev–Trinajstić information content (AvgIpc) is 2.66. The van der Waals surface area contributed by atoms with Crippen LogP contribution < -0.4 is 11.1 Å². The lowest BCUT2D eigenvalue weighted by Crippen LogP contribution is -2.53. The lowest BCUT2D eigenvalue weighted by atomic mass is 10.1. The van der Waals surface area contributed by atoms with Crippen LogP contribution in [-0.4, -0.2) is 32.5 Å². The fourth-order valence-corrected chi connectivity index (χ4v) is 1.15. The molecule has 1 aromatic heterocycles. The van der Waals surface area contributed by atoms with Gasteiger partial charge >= 0.3 is 0 Å². The first kappa shape index (κ1) is 13.1. The Morgan fingerprint density at radius 2 is 2.12 bits per heavy atom. The van der Waals surface area contributed by atoms with E-state index in [0.717, 1.165) is 12.8 Å². The highest BCUT2D eigenvalue weighted by atomic mass is 16.2. The molecule has 0 fully saturated rings. The lowest BCUT2D eigenvalue weighted by molar-refractivity contribution is -0.122. The number of rotatable bonds is 5. The molecule has 17 heavy (non-hydrogen) atoms. The van der Waals surface area contributed by atoms with Crippen LogP contribution in [0.25, 0.3) is 0 Å². The highest BCUT2D eigenvalue weighted by Gasteiger charge is 2.28. The van der Waals surface area contributed by atoms with E-state index in [2.05, 4.69) is 20.5 Å². The van der Waals surface area contributed by atoms with Gasteiger partial charge in [0, 0.05) is 6.42 Å². The third-order valence-corrected chi connectivity index (χ3v) is 2.26. The standard InChI is InChI=1S/C10H17N5O2/c1-4-5-6-12-7(15-14-6)8(16)13-10(2,3)9(11)17/h4-5H2,1-3H3,(H2,11,17)(H,13,16)(H,12,14,15). The Balaban J connectivity index is 2.73. The molecule has 0 aliphatic heterocycles. The molecule has 0 radical (unpaired) electrons. The van der Waals surface area contributed by atoms with Gasteiger partial charge in [-0.25, -0.2) is 4.98 Å². The number of nitrogens with one attached hydrogen (secondary N) is 2. The molecule has 1 rings (SSSR count). The van der Waals surface area contributed by atoms with E-state index in [4.69, 9.17) is 5.73 Å². The van der Waals surface area contributed by atoms with Crippen LogP contribution in [0, 0.1) is 0 Å². The number of carbonyl (C=O) groups excluding carboxylic acids is 2. The van der Waals surface area contributed by atoms with Crippen LogP contribution in [0.3, 0.4) is 0 Å². The Labute approximate surface area is 99.2 Å². The molecule has 7 heteroatoms. The van der Waals surface area contributed by atoms with E-state index in [1.165, 1.54) is 13.8 Å². The van der Waals surface area contributed by atoms with Crippen molar-refractivity contribution in [3.8, 4) is 0 Å².